The monoisotopic (exact) mass is 509 g/mol. The fourth-order valence-electron chi connectivity index (χ4n) is 6.01. The van der Waals surface area contributed by atoms with Gasteiger partial charge in [0.2, 0.25) is 11.8 Å². The predicted octanol–water partition coefficient (Wildman–Crippen LogP) is 2.75. The molecule has 4 heterocycles. The molecule has 0 saturated carbocycles. The SMILES string of the molecule is O=C1CCC(N2Cc3c(CN4CCN(C(c5ccccc5)c5ccncc5)CC4)cccc3C2=O)C(=O)N1. The van der Waals surface area contributed by atoms with Gasteiger partial charge in [-0.15, -0.1) is 0 Å². The normalized spacial score (nSPS) is 21.3. The molecule has 3 aromatic rings. The molecule has 3 aliphatic rings. The lowest BCUT2D eigenvalue weighted by Gasteiger charge is -2.40. The quantitative estimate of drug-likeness (QED) is 0.515. The van der Waals surface area contributed by atoms with Crippen molar-refractivity contribution in [1.29, 1.82) is 0 Å². The van der Waals surface area contributed by atoms with Crippen LogP contribution in [0.5, 0.6) is 0 Å². The van der Waals surface area contributed by atoms with E-state index in [0.29, 0.717) is 18.5 Å². The summed E-state index contributed by atoms with van der Waals surface area (Å²) in [4.78, 5) is 48.0. The van der Waals surface area contributed by atoms with E-state index in [-0.39, 0.29) is 30.2 Å². The summed E-state index contributed by atoms with van der Waals surface area (Å²) < 4.78 is 0. The molecule has 38 heavy (non-hydrogen) atoms. The number of hydrogen-bond donors (Lipinski definition) is 1. The smallest absolute Gasteiger partial charge is 0.255 e. The van der Waals surface area contributed by atoms with Gasteiger partial charge < -0.3 is 4.90 Å². The summed E-state index contributed by atoms with van der Waals surface area (Å²) >= 11 is 0. The first-order valence-corrected chi connectivity index (χ1v) is 13.2. The third kappa shape index (κ3) is 4.73. The Kier molecular flexibility index (Phi) is 6.74. The highest BCUT2D eigenvalue weighted by Crippen LogP contribution is 2.32. The van der Waals surface area contributed by atoms with Crippen LogP contribution in [0.2, 0.25) is 0 Å². The highest BCUT2D eigenvalue weighted by Gasteiger charge is 2.40. The molecular weight excluding hydrogens is 478 g/mol. The third-order valence-corrected chi connectivity index (χ3v) is 7.98. The molecule has 3 aliphatic heterocycles. The highest BCUT2D eigenvalue weighted by atomic mass is 16.2. The van der Waals surface area contributed by atoms with E-state index in [1.165, 1.54) is 11.1 Å². The van der Waals surface area contributed by atoms with E-state index < -0.39 is 6.04 Å². The van der Waals surface area contributed by atoms with Gasteiger partial charge in [0.1, 0.15) is 6.04 Å². The van der Waals surface area contributed by atoms with E-state index in [9.17, 15) is 14.4 Å². The van der Waals surface area contributed by atoms with E-state index in [1.54, 1.807) is 4.90 Å². The van der Waals surface area contributed by atoms with Crippen molar-refractivity contribution < 1.29 is 14.4 Å². The van der Waals surface area contributed by atoms with Crippen LogP contribution in [0.4, 0.5) is 0 Å². The maximum absolute atomic E-state index is 13.2. The second-order valence-electron chi connectivity index (χ2n) is 10.2. The Morgan fingerprint density at radius 2 is 1.61 bits per heavy atom. The number of amides is 3. The lowest BCUT2D eigenvalue weighted by atomic mass is 9.97. The molecule has 1 N–H and O–H groups in total. The first-order valence-electron chi connectivity index (χ1n) is 13.2. The van der Waals surface area contributed by atoms with Crippen molar-refractivity contribution in [2.75, 3.05) is 26.2 Å². The Labute approximate surface area is 222 Å². The van der Waals surface area contributed by atoms with E-state index in [4.69, 9.17) is 0 Å². The first-order chi connectivity index (χ1) is 18.6. The van der Waals surface area contributed by atoms with Crippen molar-refractivity contribution in [2.24, 2.45) is 0 Å². The van der Waals surface area contributed by atoms with Crippen LogP contribution in [0.3, 0.4) is 0 Å². The molecule has 0 radical (unpaired) electrons. The number of rotatable bonds is 6. The Balaban J connectivity index is 1.15. The van der Waals surface area contributed by atoms with Crippen molar-refractivity contribution in [1.82, 2.24) is 25.0 Å². The largest absolute Gasteiger partial charge is 0.322 e. The van der Waals surface area contributed by atoms with Gasteiger partial charge in [-0.25, -0.2) is 0 Å². The third-order valence-electron chi connectivity index (χ3n) is 7.98. The van der Waals surface area contributed by atoms with Crippen molar-refractivity contribution >= 4 is 17.7 Å². The minimum absolute atomic E-state index is 0.121. The van der Waals surface area contributed by atoms with Gasteiger partial charge in [0, 0.05) is 63.6 Å². The molecule has 8 nitrogen and oxygen atoms in total. The Bertz CT molecular complexity index is 1300. The van der Waals surface area contributed by atoms with Crippen LogP contribution in [-0.2, 0) is 22.7 Å². The standard InChI is InChI=1S/C30H31N5O3/c36-27-10-9-26(29(37)32-27)35-20-25-23(7-4-8-24(25)30(35)38)19-33-15-17-34(18-16-33)28(21-5-2-1-3-6-21)22-11-13-31-14-12-22/h1-8,11-14,26,28H,9-10,15-20H2,(H,32,36,37). The van der Waals surface area contributed by atoms with Crippen LogP contribution in [0.25, 0.3) is 0 Å². The number of nitrogens with zero attached hydrogens (tertiary/aromatic N) is 4. The molecule has 1 aromatic heterocycles. The van der Waals surface area contributed by atoms with Crippen molar-refractivity contribution in [2.45, 2.75) is 38.0 Å². The van der Waals surface area contributed by atoms with E-state index in [0.717, 1.165) is 43.9 Å². The number of benzene rings is 2. The molecular formula is C30H31N5O3. The van der Waals surface area contributed by atoms with Crippen LogP contribution in [0.15, 0.2) is 73.1 Å². The molecule has 0 bridgehead atoms. The van der Waals surface area contributed by atoms with Crippen LogP contribution in [0.1, 0.15) is 51.5 Å². The Morgan fingerprint density at radius 1 is 0.868 bits per heavy atom. The minimum atomic E-state index is -0.591. The summed E-state index contributed by atoms with van der Waals surface area (Å²) in [6, 6.07) is 20.3. The number of pyridine rings is 1. The molecule has 2 atom stereocenters. The molecule has 8 heteroatoms. The number of imide groups is 1. The maximum Gasteiger partial charge on any atom is 0.255 e. The number of nitrogens with one attached hydrogen (secondary N) is 1. The molecule has 2 fully saturated rings. The summed E-state index contributed by atoms with van der Waals surface area (Å²) in [7, 11) is 0. The average Bonchev–Trinajstić information content (AvgIpc) is 3.28. The molecule has 2 saturated heterocycles. The van der Waals surface area contributed by atoms with Crippen LogP contribution in [0, 0.1) is 0 Å². The van der Waals surface area contributed by atoms with Gasteiger partial charge in [-0.2, -0.15) is 0 Å². The van der Waals surface area contributed by atoms with Crippen LogP contribution in [-0.4, -0.2) is 69.6 Å². The number of carbonyl (C=O) groups excluding carboxylic acids is 3. The topological polar surface area (TPSA) is 85.9 Å². The van der Waals surface area contributed by atoms with E-state index in [1.807, 2.05) is 24.5 Å². The van der Waals surface area contributed by atoms with E-state index >= 15 is 0 Å². The first kappa shape index (κ1) is 24.5. The zero-order valence-electron chi connectivity index (χ0n) is 21.3. The highest BCUT2D eigenvalue weighted by molar-refractivity contribution is 6.05. The number of piperidine rings is 1. The average molecular weight is 510 g/mol. The maximum atomic E-state index is 13.2. The molecule has 2 aromatic carbocycles. The molecule has 0 aliphatic carbocycles. The second-order valence-corrected chi connectivity index (χ2v) is 10.2. The summed E-state index contributed by atoms with van der Waals surface area (Å²) in [6.45, 7) is 4.87. The second kappa shape index (κ2) is 10.5. The molecule has 194 valence electrons. The molecule has 2 unspecified atom stereocenters. The molecule has 0 spiro atoms. The number of fused-ring (bicyclic) bond motifs is 1. The van der Waals surface area contributed by atoms with Gasteiger partial charge in [0.05, 0.1) is 6.04 Å². The summed E-state index contributed by atoms with van der Waals surface area (Å²) in [5, 5.41) is 2.38. The lowest BCUT2D eigenvalue weighted by Crippen LogP contribution is -2.52. The van der Waals surface area contributed by atoms with Gasteiger partial charge in [-0.1, -0.05) is 42.5 Å². The number of carbonyl (C=O) groups is 3. The molecule has 6 rings (SSSR count). The fourth-order valence-corrected chi connectivity index (χ4v) is 6.01. The zero-order chi connectivity index (χ0) is 26.1. The van der Waals surface area contributed by atoms with Gasteiger partial charge in [0.25, 0.3) is 5.91 Å². The van der Waals surface area contributed by atoms with Crippen molar-refractivity contribution in [3.8, 4) is 0 Å². The van der Waals surface area contributed by atoms with Gasteiger partial charge >= 0.3 is 0 Å². The van der Waals surface area contributed by atoms with Crippen molar-refractivity contribution in [3.63, 3.8) is 0 Å². The van der Waals surface area contributed by atoms with Crippen LogP contribution >= 0.6 is 0 Å². The fraction of sp³-hybridized carbons (Fsp3) is 0.333. The Hall–Kier alpha value is -3.88. The minimum Gasteiger partial charge on any atom is -0.322 e. The number of hydrogen-bond acceptors (Lipinski definition) is 6. The van der Waals surface area contributed by atoms with Gasteiger partial charge in [-0.3, -0.25) is 34.5 Å². The van der Waals surface area contributed by atoms with Crippen molar-refractivity contribution in [3.05, 3.63) is 101 Å². The van der Waals surface area contributed by atoms with E-state index in [2.05, 4.69) is 68.6 Å². The summed E-state index contributed by atoms with van der Waals surface area (Å²) in [5.74, 6) is -0.764. The zero-order valence-corrected chi connectivity index (χ0v) is 21.3. The Morgan fingerprint density at radius 3 is 2.34 bits per heavy atom. The summed E-state index contributed by atoms with van der Waals surface area (Å²) in [5.41, 5.74) is 5.33. The van der Waals surface area contributed by atoms with Gasteiger partial charge in [-0.05, 0) is 46.9 Å². The molecule has 3 amide bonds. The lowest BCUT2D eigenvalue weighted by molar-refractivity contribution is -0.136. The summed E-state index contributed by atoms with van der Waals surface area (Å²) in [6.07, 6.45) is 4.35. The van der Waals surface area contributed by atoms with Crippen LogP contribution < -0.4 is 5.32 Å². The number of piperazine rings is 1. The van der Waals surface area contributed by atoms with Gasteiger partial charge in [0.15, 0.2) is 0 Å². The predicted molar refractivity (Wildman–Crippen MR) is 142 cm³/mol. The number of aromatic nitrogens is 1.